The molecule has 0 atom stereocenters. The van der Waals surface area contributed by atoms with Crippen molar-refractivity contribution >= 4 is 11.4 Å². The van der Waals surface area contributed by atoms with Crippen molar-refractivity contribution in [3.05, 3.63) is 48.3 Å². The van der Waals surface area contributed by atoms with Gasteiger partial charge in [-0.15, -0.1) is 0 Å². The highest BCUT2D eigenvalue weighted by Gasteiger charge is 2.21. The van der Waals surface area contributed by atoms with Gasteiger partial charge in [-0.2, -0.15) is 5.26 Å². The average Bonchev–Trinajstić information content (AvgIpc) is 2.62. The number of aromatic nitrogens is 1. The minimum atomic E-state index is 0.681. The molecule has 1 aliphatic rings. The Morgan fingerprint density at radius 1 is 1.05 bits per heavy atom. The van der Waals surface area contributed by atoms with Gasteiger partial charge in [-0.1, -0.05) is 12.1 Å². The van der Waals surface area contributed by atoms with Crippen LogP contribution in [0.5, 0.6) is 5.75 Å². The molecule has 1 saturated heterocycles. The van der Waals surface area contributed by atoms with Gasteiger partial charge in [0.15, 0.2) is 0 Å². The molecule has 0 aliphatic carbocycles. The number of methoxy groups -OCH3 is 1. The average molecular weight is 294 g/mol. The first-order valence-electron chi connectivity index (χ1n) is 7.30. The minimum Gasteiger partial charge on any atom is -0.495 e. The van der Waals surface area contributed by atoms with Crippen LogP contribution in [-0.2, 0) is 0 Å². The van der Waals surface area contributed by atoms with Crippen LogP contribution in [0.15, 0.2) is 42.7 Å². The third kappa shape index (κ3) is 2.68. The molecule has 0 saturated carbocycles. The van der Waals surface area contributed by atoms with Gasteiger partial charge in [0.05, 0.1) is 30.2 Å². The summed E-state index contributed by atoms with van der Waals surface area (Å²) in [5.41, 5.74) is 2.72. The van der Waals surface area contributed by atoms with E-state index in [1.807, 2.05) is 18.2 Å². The molecule has 0 N–H and O–H groups in total. The fourth-order valence-corrected chi connectivity index (χ4v) is 2.81. The van der Waals surface area contributed by atoms with E-state index in [2.05, 4.69) is 26.9 Å². The van der Waals surface area contributed by atoms with Gasteiger partial charge in [0.25, 0.3) is 0 Å². The van der Waals surface area contributed by atoms with Crippen LogP contribution in [0.3, 0.4) is 0 Å². The lowest BCUT2D eigenvalue weighted by atomic mass is 10.2. The molecule has 0 amide bonds. The number of hydrogen-bond acceptors (Lipinski definition) is 5. The zero-order valence-electron chi connectivity index (χ0n) is 12.6. The van der Waals surface area contributed by atoms with Crippen molar-refractivity contribution in [1.29, 1.82) is 5.26 Å². The largest absolute Gasteiger partial charge is 0.495 e. The number of nitrogens with zero attached hydrogens (tertiary/aromatic N) is 4. The first kappa shape index (κ1) is 14.2. The molecule has 5 heteroatoms. The Bertz CT molecular complexity index is 687. The second kappa shape index (κ2) is 6.35. The number of pyridine rings is 1. The third-order valence-corrected chi connectivity index (χ3v) is 3.97. The Morgan fingerprint density at radius 2 is 1.73 bits per heavy atom. The standard InChI is InChI=1S/C17H18N4O/c1-22-17-5-3-2-4-15(17)20-8-10-21(11-9-20)16-13-19-7-6-14(16)12-18/h2-7,13H,8-11H2,1H3. The van der Waals surface area contributed by atoms with E-state index in [1.54, 1.807) is 25.6 Å². The van der Waals surface area contributed by atoms with E-state index in [1.165, 1.54) is 0 Å². The summed E-state index contributed by atoms with van der Waals surface area (Å²) in [5, 5.41) is 9.22. The number of rotatable bonds is 3. The second-order valence-corrected chi connectivity index (χ2v) is 5.15. The Kier molecular flexibility index (Phi) is 4.10. The van der Waals surface area contributed by atoms with Gasteiger partial charge in [0.2, 0.25) is 0 Å². The maximum atomic E-state index is 9.22. The first-order valence-corrected chi connectivity index (χ1v) is 7.30. The van der Waals surface area contributed by atoms with Gasteiger partial charge in [0.1, 0.15) is 11.8 Å². The summed E-state index contributed by atoms with van der Waals surface area (Å²) in [6.45, 7) is 3.50. The van der Waals surface area contributed by atoms with Gasteiger partial charge >= 0.3 is 0 Å². The molecule has 0 bridgehead atoms. The molecule has 2 aromatic rings. The van der Waals surface area contributed by atoms with Crippen molar-refractivity contribution in [3.63, 3.8) is 0 Å². The van der Waals surface area contributed by atoms with Crippen LogP contribution in [0.1, 0.15) is 5.56 Å². The zero-order valence-corrected chi connectivity index (χ0v) is 12.6. The van der Waals surface area contributed by atoms with E-state index in [0.29, 0.717) is 5.56 Å². The van der Waals surface area contributed by atoms with Crippen LogP contribution in [0.4, 0.5) is 11.4 Å². The van der Waals surface area contributed by atoms with Crippen molar-refractivity contribution in [3.8, 4) is 11.8 Å². The van der Waals surface area contributed by atoms with Gasteiger partial charge in [0, 0.05) is 32.4 Å². The molecule has 0 radical (unpaired) electrons. The van der Waals surface area contributed by atoms with E-state index in [-0.39, 0.29) is 0 Å². The van der Waals surface area contributed by atoms with Crippen LogP contribution < -0.4 is 14.5 Å². The highest BCUT2D eigenvalue weighted by Crippen LogP contribution is 2.29. The predicted molar refractivity (Wildman–Crippen MR) is 86.4 cm³/mol. The lowest BCUT2D eigenvalue weighted by molar-refractivity contribution is 0.413. The number of ether oxygens (including phenoxy) is 1. The molecule has 5 nitrogen and oxygen atoms in total. The molecule has 1 aromatic carbocycles. The summed E-state index contributed by atoms with van der Waals surface area (Å²) in [6.07, 6.45) is 3.43. The van der Waals surface area contributed by atoms with Crippen LogP contribution in [0.25, 0.3) is 0 Å². The number of hydrogen-bond donors (Lipinski definition) is 0. The van der Waals surface area contributed by atoms with Gasteiger partial charge in [-0.05, 0) is 18.2 Å². The maximum absolute atomic E-state index is 9.22. The molecule has 0 unspecified atom stereocenters. The molecular weight excluding hydrogens is 276 g/mol. The van der Waals surface area contributed by atoms with Crippen LogP contribution in [-0.4, -0.2) is 38.3 Å². The van der Waals surface area contributed by atoms with Crippen molar-refractivity contribution in [2.24, 2.45) is 0 Å². The number of para-hydroxylation sites is 2. The Labute approximate surface area is 130 Å². The zero-order chi connectivity index (χ0) is 15.4. The summed E-state index contributed by atoms with van der Waals surface area (Å²) in [4.78, 5) is 8.68. The Morgan fingerprint density at radius 3 is 2.41 bits per heavy atom. The highest BCUT2D eigenvalue weighted by molar-refractivity contribution is 5.62. The predicted octanol–water partition coefficient (Wildman–Crippen LogP) is 2.29. The van der Waals surface area contributed by atoms with E-state index in [4.69, 9.17) is 4.74 Å². The second-order valence-electron chi connectivity index (χ2n) is 5.15. The normalized spacial score (nSPS) is 14.5. The molecule has 1 aliphatic heterocycles. The SMILES string of the molecule is COc1ccccc1N1CCN(c2cnccc2C#N)CC1. The van der Waals surface area contributed by atoms with Gasteiger partial charge in [-0.3, -0.25) is 4.98 Å². The summed E-state index contributed by atoms with van der Waals surface area (Å²) in [6, 6.07) is 12.1. The quantitative estimate of drug-likeness (QED) is 0.869. The first-order chi connectivity index (χ1) is 10.8. The van der Waals surface area contributed by atoms with Crippen molar-refractivity contribution in [2.75, 3.05) is 43.1 Å². The number of nitriles is 1. The highest BCUT2D eigenvalue weighted by atomic mass is 16.5. The van der Waals surface area contributed by atoms with Gasteiger partial charge in [-0.25, -0.2) is 0 Å². The third-order valence-electron chi connectivity index (χ3n) is 3.97. The van der Waals surface area contributed by atoms with E-state index in [9.17, 15) is 5.26 Å². The Hall–Kier alpha value is -2.74. The molecule has 112 valence electrons. The van der Waals surface area contributed by atoms with E-state index >= 15 is 0 Å². The molecule has 1 fully saturated rings. The lowest BCUT2D eigenvalue weighted by Gasteiger charge is -2.37. The number of anilines is 2. The summed E-state index contributed by atoms with van der Waals surface area (Å²) in [5.74, 6) is 0.898. The fourth-order valence-electron chi connectivity index (χ4n) is 2.81. The summed E-state index contributed by atoms with van der Waals surface area (Å²) in [7, 11) is 1.70. The van der Waals surface area contributed by atoms with Crippen molar-refractivity contribution < 1.29 is 4.74 Å². The number of benzene rings is 1. The van der Waals surface area contributed by atoms with Crippen LogP contribution in [0.2, 0.25) is 0 Å². The molecule has 1 aromatic heterocycles. The molecular formula is C17H18N4O. The fraction of sp³-hybridized carbons (Fsp3) is 0.294. The lowest BCUT2D eigenvalue weighted by Crippen LogP contribution is -2.46. The molecule has 22 heavy (non-hydrogen) atoms. The van der Waals surface area contributed by atoms with Crippen LogP contribution >= 0.6 is 0 Å². The monoisotopic (exact) mass is 294 g/mol. The van der Waals surface area contributed by atoms with Crippen molar-refractivity contribution in [2.45, 2.75) is 0 Å². The molecule has 3 rings (SSSR count). The van der Waals surface area contributed by atoms with Crippen LogP contribution in [0, 0.1) is 11.3 Å². The van der Waals surface area contributed by atoms with Gasteiger partial charge < -0.3 is 14.5 Å². The molecule has 2 heterocycles. The summed E-state index contributed by atoms with van der Waals surface area (Å²) < 4.78 is 5.44. The maximum Gasteiger partial charge on any atom is 0.142 e. The summed E-state index contributed by atoms with van der Waals surface area (Å²) >= 11 is 0. The molecule has 0 spiro atoms. The minimum absolute atomic E-state index is 0.681. The van der Waals surface area contributed by atoms with Crippen molar-refractivity contribution in [1.82, 2.24) is 4.98 Å². The Balaban J connectivity index is 1.74. The topological polar surface area (TPSA) is 52.4 Å². The van der Waals surface area contributed by atoms with E-state index < -0.39 is 0 Å². The number of piperazine rings is 1. The van der Waals surface area contributed by atoms with E-state index in [0.717, 1.165) is 43.3 Å². The smallest absolute Gasteiger partial charge is 0.142 e.